The molecule has 1 aliphatic heterocycles. The number of nitrogens with zero attached hydrogens (tertiary/aromatic N) is 1. The van der Waals surface area contributed by atoms with Crippen LogP contribution in [0.4, 0.5) is 0 Å². The molecule has 4 atom stereocenters. The molecule has 7 heteroatoms. The molecule has 0 radical (unpaired) electrons. The van der Waals surface area contributed by atoms with Crippen molar-refractivity contribution < 1.29 is 24.2 Å². The Morgan fingerprint density at radius 2 is 2.04 bits per heavy atom. The van der Waals surface area contributed by atoms with Gasteiger partial charge in [0, 0.05) is 6.04 Å². The molecule has 1 aliphatic carbocycles. The molecule has 0 aromatic carbocycles. The van der Waals surface area contributed by atoms with Crippen molar-refractivity contribution in [3.63, 3.8) is 0 Å². The minimum atomic E-state index is -0.991. The highest BCUT2D eigenvalue weighted by atomic mass is 16.5. The lowest BCUT2D eigenvalue weighted by Gasteiger charge is -2.31. The second-order valence-electron chi connectivity index (χ2n) is 7.01. The third-order valence-corrected chi connectivity index (χ3v) is 5.28. The van der Waals surface area contributed by atoms with Crippen molar-refractivity contribution in [3.8, 4) is 0 Å². The van der Waals surface area contributed by atoms with Crippen molar-refractivity contribution in [1.29, 1.82) is 0 Å². The molecule has 0 bridgehead atoms. The maximum Gasteiger partial charge on any atom is 0.323 e. The fraction of sp³-hybridized carbons (Fsp3) is 0.833. The van der Waals surface area contributed by atoms with E-state index in [0.717, 1.165) is 32.1 Å². The minimum absolute atomic E-state index is 0.0163. The molecule has 1 saturated heterocycles. The largest absolute Gasteiger partial charge is 0.480 e. The summed E-state index contributed by atoms with van der Waals surface area (Å²) in [5.74, 6) is -1.16. The van der Waals surface area contributed by atoms with E-state index in [0.29, 0.717) is 25.4 Å². The third kappa shape index (κ3) is 4.93. The molecule has 1 heterocycles. The molecular weight excluding hydrogens is 324 g/mol. The van der Waals surface area contributed by atoms with Gasteiger partial charge in [-0.1, -0.05) is 19.8 Å². The van der Waals surface area contributed by atoms with Gasteiger partial charge in [-0.25, -0.2) is 0 Å². The Bertz CT molecular complexity index is 496. The molecule has 2 rings (SSSR count). The number of amides is 1. The number of rotatable bonds is 8. The number of carboxylic acid groups (broad SMARTS) is 1. The monoisotopic (exact) mass is 354 g/mol. The summed E-state index contributed by atoms with van der Waals surface area (Å²) in [5.41, 5.74) is 0. The number of fused-ring (bicyclic) bond motifs is 1. The van der Waals surface area contributed by atoms with E-state index >= 15 is 0 Å². The molecule has 0 spiro atoms. The van der Waals surface area contributed by atoms with Crippen molar-refractivity contribution >= 4 is 17.8 Å². The van der Waals surface area contributed by atoms with Gasteiger partial charge >= 0.3 is 11.9 Å². The van der Waals surface area contributed by atoms with E-state index in [1.165, 1.54) is 4.90 Å². The van der Waals surface area contributed by atoms with Crippen LogP contribution in [0.15, 0.2) is 0 Å². The van der Waals surface area contributed by atoms with Gasteiger partial charge in [-0.3, -0.25) is 19.7 Å². The summed E-state index contributed by atoms with van der Waals surface area (Å²) in [7, 11) is 0. The Hall–Kier alpha value is -1.63. The highest BCUT2D eigenvalue weighted by Crippen LogP contribution is 2.36. The summed E-state index contributed by atoms with van der Waals surface area (Å²) in [5, 5.41) is 12.4. The molecule has 2 aliphatic rings. The maximum absolute atomic E-state index is 13.0. The van der Waals surface area contributed by atoms with Crippen LogP contribution in [0, 0.1) is 5.92 Å². The first-order valence-corrected chi connectivity index (χ1v) is 9.42. The van der Waals surface area contributed by atoms with Gasteiger partial charge in [0.05, 0.1) is 12.6 Å². The first-order valence-electron chi connectivity index (χ1n) is 9.42. The number of hydrogen-bond donors (Lipinski definition) is 2. The molecule has 1 saturated carbocycles. The number of carbonyl (C=O) groups excluding carboxylic acids is 2. The SMILES string of the molecule is CCC[C@H](N[C@H]1CC[C@@H]2CCC[C@@H]2N(CC(=O)O)C1=O)C(=O)OCC. The second-order valence-corrected chi connectivity index (χ2v) is 7.01. The summed E-state index contributed by atoms with van der Waals surface area (Å²) in [6.45, 7) is 3.77. The molecule has 25 heavy (non-hydrogen) atoms. The van der Waals surface area contributed by atoms with Gasteiger partial charge in [-0.15, -0.1) is 0 Å². The van der Waals surface area contributed by atoms with Crippen LogP contribution in [-0.4, -0.2) is 59.1 Å². The summed E-state index contributed by atoms with van der Waals surface area (Å²) in [6, 6.07) is -1.03. The van der Waals surface area contributed by atoms with E-state index in [-0.39, 0.29) is 24.5 Å². The first kappa shape index (κ1) is 19.7. The van der Waals surface area contributed by atoms with Gasteiger partial charge in [0.1, 0.15) is 12.6 Å². The number of carbonyl (C=O) groups is 3. The van der Waals surface area contributed by atoms with Crippen LogP contribution in [0.5, 0.6) is 0 Å². The number of esters is 1. The summed E-state index contributed by atoms with van der Waals surface area (Å²) in [6.07, 6.45) is 5.85. The van der Waals surface area contributed by atoms with Crippen molar-refractivity contribution in [2.24, 2.45) is 5.92 Å². The van der Waals surface area contributed by atoms with E-state index < -0.39 is 18.1 Å². The van der Waals surface area contributed by atoms with Gasteiger partial charge in [-0.05, 0) is 44.9 Å². The maximum atomic E-state index is 13.0. The standard InChI is InChI=1S/C18H30N2O5/c1-3-6-14(18(24)25-4-2)19-13-10-9-12-7-5-8-15(12)20(17(13)23)11-16(21)22/h12-15,19H,3-11H2,1-2H3,(H,21,22)/t12-,13-,14-,15-/m0/s1. The smallest absolute Gasteiger partial charge is 0.323 e. The number of aliphatic carboxylic acids is 1. The van der Waals surface area contributed by atoms with Crippen LogP contribution < -0.4 is 5.32 Å². The van der Waals surface area contributed by atoms with E-state index in [1.807, 2.05) is 6.92 Å². The van der Waals surface area contributed by atoms with Crippen molar-refractivity contribution in [1.82, 2.24) is 10.2 Å². The van der Waals surface area contributed by atoms with Crippen LogP contribution in [0.25, 0.3) is 0 Å². The number of carboxylic acids is 1. The fourth-order valence-corrected chi connectivity index (χ4v) is 4.17. The van der Waals surface area contributed by atoms with E-state index in [9.17, 15) is 19.5 Å². The quantitative estimate of drug-likeness (QED) is 0.642. The third-order valence-electron chi connectivity index (χ3n) is 5.28. The van der Waals surface area contributed by atoms with Gasteiger partial charge in [0.15, 0.2) is 0 Å². The van der Waals surface area contributed by atoms with Gasteiger partial charge in [0.2, 0.25) is 5.91 Å². The zero-order chi connectivity index (χ0) is 18.4. The number of nitrogens with one attached hydrogen (secondary N) is 1. The van der Waals surface area contributed by atoms with Gasteiger partial charge in [-0.2, -0.15) is 0 Å². The second kappa shape index (κ2) is 9.17. The molecule has 0 unspecified atom stereocenters. The highest BCUT2D eigenvalue weighted by molar-refractivity contribution is 5.87. The lowest BCUT2D eigenvalue weighted by Crippen LogP contribution is -2.54. The summed E-state index contributed by atoms with van der Waals surface area (Å²) < 4.78 is 5.11. The van der Waals surface area contributed by atoms with E-state index in [2.05, 4.69) is 5.32 Å². The average molecular weight is 354 g/mol. The Morgan fingerprint density at radius 1 is 1.28 bits per heavy atom. The topological polar surface area (TPSA) is 95.9 Å². The normalized spacial score (nSPS) is 27.5. The summed E-state index contributed by atoms with van der Waals surface area (Å²) >= 11 is 0. The molecule has 142 valence electrons. The summed E-state index contributed by atoms with van der Waals surface area (Å²) in [4.78, 5) is 37.9. The lowest BCUT2D eigenvalue weighted by molar-refractivity contribution is -0.149. The zero-order valence-corrected chi connectivity index (χ0v) is 15.2. The van der Waals surface area contributed by atoms with E-state index in [1.54, 1.807) is 6.92 Å². The number of hydrogen-bond acceptors (Lipinski definition) is 5. The number of ether oxygens (including phenoxy) is 1. The molecule has 0 aromatic rings. The first-order chi connectivity index (χ1) is 12.0. The molecular formula is C18H30N2O5. The lowest BCUT2D eigenvalue weighted by atomic mass is 9.97. The van der Waals surface area contributed by atoms with Gasteiger partial charge < -0.3 is 14.7 Å². The highest BCUT2D eigenvalue weighted by Gasteiger charge is 2.42. The van der Waals surface area contributed by atoms with Crippen molar-refractivity contribution in [3.05, 3.63) is 0 Å². The Labute approximate surface area is 149 Å². The van der Waals surface area contributed by atoms with E-state index in [4.69, 9.17) is 4.74 Å². The number of likely N-dealkylation sites (tertiary alicyclic amines) is 1. The molecule has 2 N–H and O–H groups in total. The predicted molar refractivity (Wildman–Crippen MR) is 92.0 cm³/mol. The van der Waals surface area contributed by atoms with Crippen LogP contribution >= 0.6 is 0 Å². The fourth-order valence-electron chi connectivity index (χ4n) is 4.17. The molecule has 7 nitrogen and oxygen atoms in total. The van der Waals surface area contributed by atoms with Gasteiger partial charge in [0.25, 0.3) is 0 Å². The van der Waals surface area contributed by atoms with Crippen LogP contribution in [0.2, 0.25) is 0 Å². The van der Waals surface area contributed by atoms with Crippen LogP contribution in [-0.2, 0) is 19.1 Å². The predicted octanol–water partition coefficient (Wildman–Crippen LogP) is 1.55. The Balaban J connectivity index is 2.14. The van der Waals surface area contributed by atoms with Crippen LogP contribution in [0.1, 0.15) is 58.8 Å². The van der Waals surface area contributed by atoms with Crippen LogP contribution in [0.3, 0.4) is 0 Å². The minimum Gasteiger partial charge on any atom is -0.480 e. The molecule has 1 amide bonds. The Kier molecular flexibility index (Phi) is 7.23. The average Bonchev–Trinajstić information content (AvgIpc) is 2.99. The zero-order valence-electron chi connectivity index (χ0n) is 15.2. The molecule has 2 fully saturated rings. The Morgan fingerprint density at radius 3 is 2.68 bits per heavy atom. The van der Waals surface area contributed by atoms with Crippen molar-refractivity contribution in [2.45, 2.75) is 76.9 Å². The molecule has 0 aromatic heterocycles. The van der Waals surface area contributed by atoms with Crippen molar-refractivity contribution in [2.75, 3.05) is 13.2 Å².